The van der Waals surface area contributed by atoms with E-state index in [-0.39, 0.29) is 11.8 Å². The normalized spacial score (nSPS) is 17.1. The summed E-state index contributed by atoms with van der Waals surface area (Å²) in [6.07, 6.45) is 4.93. The zero-order chi connectivity index (χ0) is 16.9. The number of rotatable bonds is 3. The van der Waals surface area contributed by atoms with E-state index in [9.17, 15) is 4.79 Å². The van der Waals surface area contributed by atoms with Gasteiger partial charge < -0.3 is 5.32 Å². The fourth-order valence-corrected chi connectivity index (χ4v) is 2.92. The molecule has 1 atom stereocenters. The van der Waals surface area contributed by atoms with E-state index in [0.717, 1.165) is 23.8 Å². The van der Waals surface area contributed by atoms with E-state index >= 15 is 0 Å². The lowest BCUT2D eigenvalue weighted by atomic mass is 9.99. The number of amides is 1. The Morgan fingerprint density at radius 2 is 2.04 bits per heavy atom. The summed E-state index contributed by atoms with van der Waals surface area (Å²) in [5.74, 6) is -0.243. The number of aromatic nitrogens is 2. The van der Waals surface area contributed by atoms with Crippen LogP contribution in [0.15, 0.2) is 36.7 Å². The second kappa shape index (κ2) is 7.39. The Kier molecular flexibility index (Phi) is 5.04. The lowest BCUT2D eigenvalue weighted by Gasteiger charge is -2.25. The molecule has 1 saturated heterocycles. The average molecular weight is 342 g/mol. The Morgan fingerprint density at radius 1 is 1.29 bits per heavy atom. The van der Waals surface area contributed by atoms with Gasteiger partial charge in [0.15, 0.2) is 0 Å². The Hall–Kier alpha value is -2.49. The van der Waals surface area contributed by atoms with Crippen LogP contribution in [0.1, 0.15) is 18.4 Å². The fourth-order valence-electron chi connectivity index (χ4n) is 2.67. The number of pyridine rings is 2. The molecular formula is C17H16ClN5O. The van der Waals surface area contributed by atoms with Gasteiger partial charge in [-0.25, -0.2) is 4.42 Å². The van der Waals surface area contributed by atoms with Crippen LogP contribution in [0.4, 0.5) is 5.69 Å². The highest BCUT2D eigenvalue weighted by Gasteiger charge is 2.26. The second-order valence-electron chi connectivity index (χ2n) is 5.60. The highest BCUT2D eigenvalue weighted by molar-refractivity contribution is 6.37. The number of nitrogens with one attached hydrogen (secondary N) is 1. The highest BCUT2D eigenvalue weighted by Crippen LogP contribution is 2.25. The smallest absolute Gasteiger partial charge is 0.246 e. The van der Waals surface area contributed by atoms with Crippen molar-refractivity contribution in [3.63, 3.8) is 0 Å². The number of halogens is 1. The summed E-state index contributed by atoms with van der Waals surface area (Å²) in [6, 6.07) is 8.72. The molecule has 122 valence electrons. The monoisotopic (exact) mass is 341 g/mol. The van der Waals surface area contributed by atoms with Gasteiger partial charge in [0.1, 0.15) is 0 Å². The van der Waals surface area contributed by atoms with Gasteiger partial charge in [-0.1, -0.05) is 0 Å². The van der Waals surface area contributed by atoms with Crippen LogP contribution in [0, 0.1) is 17.2 Å². The van der Waals surface area contributed by atoms with Gasteiger partial charge in [-0.05, 0) is 43.7 Å². The third-order valence-corrected chi connectivity index (χ3v) is 4.32. The number of nitriles is 1. The van der Waals surface area contributed by atoms with E-state index in [4.69, 9.17) is 17.0 Å². The average Bonchev–Trinajstić information content (AvgIpc) is 2.67. The number of piperidine rings is 1. The van der Waals surface area contributed by atoms with Crippen LogP contribution in [-0.4, -0.2) is 29.0 Å². The van der Waals surface area contributed by atoms with Gasteiger partial charge in [-0.2, -0.15) is 5.26 Å². The van der Waals surface area contributed by atoms with Crippen molar-refractivity contribution in [1.29, 1.82) is 5.26 Å². The molecule has 1 amide bonds. The molecule has 3 heterocycles. The number of carbonyl (C=O) groups excluding carboxylic acids is 1. The lowest BCUT2D eigenvalue weighted by molar-refractivity contribution is -0.121. The maximum Gasteiger partial charge on any atom is 0.246 e. The van der Waals surface area contributed by atoms with Crippen molar-refractivity contribution in [2.45, 2.75) is 12.8 Å². The maximum absolute atomic E-state index is 12.5. The lowest BCUT2D eigenvalue weighted by Crippen LogP contribution is -2.39. The first-order chi connectivity index (χ1) is 11.7. The molecule has 6 nitrogen and oxygen atoms in total. The molecule has 1 aliphatic heterocycles. The molecular weight excluding hydrogens is 326 g/mol. The van der Waals surface area contributed by atoms with Gasteiger partial charge in [0.25, 0.3) is 0 Å². The van der Waals surface area contributed by atoms with Crippen LogP contribution < -0.4 is 9.74 Å². The van der Waals surface area contributed by atoms with Crippen molar-refractivity contribution in [3.05, 3.63) is 42.2 Å². The van der Waals surface area contributed by atoms with Gasteiger partial charge >= 0.3 is 0 Å². The summed E-state index contributed by atoms with van der Waals surface area (Å²) in [5.41, 5.74) is 2.17. The van der Waals surface area contributed by atoms with E-state index in [1.165, 1.54) is 0 Å². The van der Waals surface area contributed by atoms with E-state index in [2.05, 4.69) is 21.4 Å². The first-order valence-electron chi connectivity index (χ1n) is 7.72. The predicted octanol–water partition coefficient (Wildman–Crippen LogP) is 2.50. The molecule has 0 spiro atoms. The van der Waals surface area contributed by atoms with Crippen LogP contribution in [0.2, 0.25) is 0 Å². The summed E-state index contributed by atoms with van der Waals surface area (Å²) < 4.78 is 1.15. The van der Waals surface area contributed by atoms with Crippen molar-refractivity contribution in [2.24, 2.45) is 5.92 Å². The zero-order valence-electron chi connectivity index (χ0n) is 12.9. The third-order valence-electron chi connectivity index (χ3n) is 3.96. The Bertz CT molecular complexity index is 783. The van der Waals surface area contributed by atoms with Gasteiger partial charge in [0.05, 0.1) is 34.6 Å². The molecule has 0 radical (unpaired) electrons. The van der Waals surface area contributed by atoms with Crippen molar-refractivity contribution in [3.8, 4) is 17.5 Å². The molecule has 0 aliphatic carbocycles. The number of carbonyl (C=O) groups is 1. The van der Waals surface area contributed by atoms with Crippen molar-refractivity contribution in [2.75, 3.05) is 17.5 Å². The molecule has 0 aromatic carbocycles. The minimum absolute atomic E-state index is 0.118. The number of hydrogen-bond acceptors (Lipinski definition) is 5. The minimum Gasteiger partial charge on any atom is -0.316 e. The van der Waals surface area contributed by atoms with E-state index < -0.39 is 0 Å². The van der Waals surface area contributed by atoms with E-state index in [0.29, 0.717) is 29.2 Å². The topological polar surface area (TPSA) is 81.9 Å². The van der Waals surface area contributed by atoms with Crippen molar-refractivity contribution < 1.29 is 4.79 Å². The summed E-state index contributed by atoms with van der Waals surface area (Å²) in [5, 5.41) is 12.2. The van der Waals surface area contributed by atoms with Crippen molar-refractivity contribution in [1.82, 2.24) is 15.3 Å². The van der Waals surface area contributed by atoms with Crippen LogP contribution in [0.5, 0.6) is 0 Å². The van der Waals surface area contributed by atoms with Gasteiger partial charge in [0.2, 0.25) is 5.91 Å². The molecule has 1 N–H and O–H groups in total. The summed E-state index contributed by atoms with van der Waals surface area (Å²) >= 11 is 6.26. The standard InChI is InChI=1S/C17H16ClN5O/c18-23(17(24)13-2-1-5-20-11-13)14-4-7-22-16(9-14)15-8-12(10-19)3-6-21-15/h3-4,6-9,13,20H,1-2,5,11H2. The number of hydrogen-bond donors (Lipinski definition) is 1. The van der Waals surface area contributed by atoms with E-state index in [1.54, 1.807) is 36.7 Å². The van der Waals surface area contributed by atoms with Crippen molar-refractivity contribution >= 4 is 23.4 Å². The Labute approximate surface area is 145 Å². The first-order valence-corrected chi connectivity index (χ1v) is 8.06. The maximum atomic E-state index is 12.5. The van der Waals surface area contributed by atoms with Crippen LogP contribution >= 0.6 is 11.8 Å². The summed E-state index contributed by atoms with van der Waals surface area (Å²) in [6.45, 7) is 1.58. The second-order valence-corrected chi connectivity index (χ2v) is 5.94. The number of nitrogens with zero attached hydrogens (tertiary/aromatic N) is 4. The molecule has 1 unspecified atom stereocenters. The minimum atomic E-state index is -0.125. The largest absolute Gasteiger partial charge is 0.316 e. The molecule has 24 heavy (non-hydrogen) atoms. The Morgan fingerprint density at radius 3 is 2.75 bits per heavy atom. The van der Waals surface area contributed by atoms with E-state index in [1.807, 2.05) is 0 Å². The van der Waals surface area contributed by atoms with Crippen LogP contribution in [0.25, 0.3) is 11.4 Å². The molecule has 2 aromatic rings. The fraction of sp³-hybridized carbons (Fsp3) is 0.294. The summed E-state index contributed by atoms with van der Waals surface area (Å²) in [7, 11) is 0. The zero-order valence-corrected chi connectivity index (χ0v) is 13.7. The highest BCUT2D eigenvalue weighted by atomic mass is 35.5. The molecule has 2 aromatic heterocycles. The molecule has 0 saturated carbocycles. The molecule has 0 bridgehead atoms. The molecule has 7 heteroatoms. The number of anilines is 1. The Balaban J connectivity index is 1.84. The summed E-state index contributed by atoms with van der Waals surface area (Å²) in [4.78, 5) is 21.0. The molecule has 3 rings (SSSR count). The third kappa shape index (κ3) is 3.53. The predicted molar refractivity (Wildman–Crippen MR) is 91.1 cm³/mol. The van der Waals surface area contributed by atoms with Crippen LogP contribution in [-0.2, 0) is 4.79 Å². The molecule has 1 fully saturated rings. The molecule has 1 aliphatic rings. The van der Waals surface area contributed by atoms with Gasteiger partial charge in [-0.3, -0.25) is 14.8 Å². The SMILES string of the molecule is N#Cc1ccnc(-c2cc(N(Cl)C(=O)C3CCCNC3)ccn2)c1. The van der Waals surface area contributed by atoms with Crippen LogP contribution in [0.3, 0.4) is 0 Å². The van der Waals surface area contributed by atoms with Gasteiger partial charge in [0, 0.05) is 30.7 Å². The first kappa shape index (κ1) is 16.4. The quantitative estimate of drug-likeness (QED) is 0.867. The van der Waals surface area contributed by atoms with Gasteiger partial charge in [-0.15, -0.1) is 0 Å².